The maximum atomic E-state index is 10.6. The molecule has 1 aromatic heterocycles. The van der Waals surface area contributed by atoms with E-state index in [0.717, 1.165) is 33.8 Å². The van der Waals surface area contributed by atoms with Gasteiger partial charge in [-0.3, -0.25) is 4.79 Å². The Balaban J connectivity index is 2.06. The number of carbonyl (C=O) groups excluding carboxylic acids is 1. The molecule has 1 heterocycles. The third-order valence-corrected chi connectivity index (χ3v) is 4.19. The maximum absolute atomic E-state index is 10.6. The minimum Gasteiger partial charge on any atom is -0.395 e. The number of nitrogens with zero attached hydrogens (tertiary/aromatic N) is 1. The summed E-state index contributed by atoms with van der Waals surface area (Å²) in [4.78, 5) is 14.6. The lowest BCUT2D eigenvalue weighted by molar-refractivity contribution is 0.112. The van der Waals surface area contributed by atoms with Gasteiger partial charge in [0.15, 0.2) is 6.29 Å². The molecule has 0 fully saturated rings. The van der Waals surface area contributed by atoms with Crippen molar-refractivity contribution in [2.75, 3.05) is 24.6 Å². The lowest BCUT2D eigenvalue weighted by Crippen LogP contribution is -2.25. The topological polar surface area (TPSA) is 40.5 Å². The number of carbonyl (C=O) groups is 1. The molecule has 0 spiro atoms. The fraction of sp³-hybridized carbons (Fsp3) is 0.235. The zero-order valence-corrected chi connectivity index (χ0v) is 12.8. The molecular formula is C17H19NO2S. The van der Waals surface area contributed by atoms with Crippen LogP contribution in [0.2, 0.25) is 0 Å². The second-order valence-corrected chi connectivity index (χ2v) is 5.73. The fourth-order valence-corrected chi connectivity index (χ4v) is 2.81. The molecule has 21 heavy (non-hydrogen) atoms. The first-order valence-electron chi connectivity index (χ1n) is 6.95. The predicted molar refractivity (Wildman–Crippen MR) is 90.0 cm³/mol. The second-order valence-electron chi connectivity index (χ2n) is 4.59. The van der Waals surface area contributed by atoms with Crippen LogP contribution in [0, 0.1) is 0 Å². The Morgan fingerprint density at radius 1 is 1.10 bits per heavy atom. The average molecular weight is 301 g/mol. The van der Waals surface area contributed by atoms with E-state index in [0.29, 0.717) is 6.54 Å². The number of aliphatic hydroxyl groups is 1. The van der Waals surface area contributed by atoms with Gasteiger partial charge in [-0.2, -0.15) is 0 Å². The Morgan fingerprint density at radius 2 is 1.81 bits per heavy atom. The highest BCUT2D eigenvalue weighted by Gasteiger charge is 2.02. The molecule has 4 heteroatoms. The first-order valence-corrected chi connectivity index (χ1v) is 7.77. The quantitative estimate of drug-likeness (QED) is 0.795. The van der Waals surface area contributed by atoms with Crippen LogP contribution in [0.15, 0.2) is 36.4 Å². The van der Waals surface area contributed by atoms with Gasteiger partial charge in [-0.05, 0) is 42.8 Å². The highest BCUT2D eigenvalue weighted by Crippen LogP contribution is 2.19. The van der Waals surface area contributed by atoms with Crippen LogP contribution in [0.5, 0.6) is 0 Å². The molecule has 0 saturated heterocycles. The lowest BCUT2D eigenvalue weighted by atomic mass is 10.1. The molecular weight excluding hydrogens is 282 g/mol. The van der Waals surface area contributed by atoms with Gasteiger partial charge in [-0.25, -0.2) is 0 Å². The highest BCUT2D eigenvalue weighted by atomic mass is 32.1. The van der Waals surface area contributed by atoms with Crippen molar-refractivity contribution in [2.24, 2.45) is 0 Å². The van der Waals surface area contributed by atoms with Crippen LogP contribution in [0.4, 0.5) is 5.69 Å². The van der Waals surface area contributed by atoms with Gasteiger partial charge in [0.25, 0.3) is 0 Å². The first-order chi connectivity index (χ1) is 10.3. The molecule has 0 atom stereocenters. The SMILES string of the molecule is CCN(CCO)c1ccc(/C=C/c2ccc(C=O)s2)cc1. The average Bonchev–Trinajstić information content (AvgIpc) is 2.99. The molecule has 2 rings (SSSR count). The van der Waals surface area contributed by atoms with Crippen molar-refractivity contribution in [3.8, 4) is 0 Å². The number of aldehydes is 1. The van der Waals surface area contributed by atoms with Crippen molar-refractivity contribution in [3.05, 3.63) is 51.7 Å². The molecule has 0 aliphatic heterocycles. The van der Waals surface area contributed by atoms with E-state index in [1.54, 1.807) is 0 Å². The zero-order valence-electron chi connectivity index (χ0n) is 12.0. The Labute approximate surface area is 129 Å². The number of thiophene rings is 1. The Kier molecular flexibility index (Phi) is 5.72. The van der Waals surface area contributed by atoms with Crippen molar-refractivity contribution >= 4 is 35.5 Å². The lowest BCUT2D eigenvalue weighted by Gasteiger charge is -2.21. The molecule has 0 aliphatic rings. The van der Waals surface area contributed by atoms with Gasteiger partial charge < -0.3 is 10.0 Å². The standard InChI is InChI=1S/C17H19NO2S/c1-2-18(11-12-19)15-6-3-14(4-7-15)5-8-16-9-10-17(13-20)21-16/h3-10,13,19H,2,11-12H2,1H3/b8-5+. The van der Waals surface area contributed by atoms with Gasteiger partial charge in [0.2, 0.25) is 0 Å². The Morgan fingerprint density at radius 3 is 2.38 bits per heavy atom. The van der Waals surface area contributed by atoms with Crippen LogP contribution < -0.4 is 4.90 Å². The summed E-state index contributed by atoms with van der Waals surface area (Å²) in [6.45, 7) is 3.76. The summed E-state index contributed by atoms with van der Waals surface area (Å²) in [6.07, 6.45) is 4.92. The molecule has 2 aromatic rings. The normalized spacial score (nSPS) is 11.0. The number of hydrogen-bond donors (Lipinski definition) is 1. The molecule has 3 nitrogen and oxygen atoms in total. The van der Waals surface area contributed by atoms with Crippen LogP contribution in [0.1, 0.15) is 27.0 Å². The number of likely N-dealkylation sites (N-methyl/N-ethyl adjacent to an activating group) is 1. The molecule has 0 amide bonds. The van der Waals surface area contributed by atoms with Gasteiger partial charge >= 0.3 is 0 Å². The number of aliphatic hydroxyl groups excluding tert-OH is 1. The smallest absolute Gasteiger partial charge is 0.160 e. The zero-order chi connectivity index (χ0) is 15.1. The van der Waals surface area contributed by atoms with E-state index in [9.17, 15) is 4.79 Å². The van der Waals surface area contributed by atoms with Gasteiger partial charge in [-0.1, -0.05) is 18.2 Å². The Bertz CT molecular complexity index is 602. The van der Waals surface area contributed by atoms with E-state index in [1.165, 1.54) is 11.3 Å². The van der Waals surface area contributed by atoms with E-state index in [2.05, 4.69) is 36.1 Å². The highest BCUT2D eigenvalue weighted by molar-refractivity contribution is 7.14. The number of rotatable bonds is 7. The van der Waals surface area contributed by atoms with E-state index >= 15 is 0 Å². The third-order valence-electron chi connectivity index (χ3n) is 3.21. The van der Waals surface area contributed by atoms with Gasteiger partial charge in [0.1, 0.15) is 0 Å². The number of anilines is 1. The van der Waals surface area contributed by atoms with Crippen molar-refractivity contribution in [1.29, 1.82) is 0 Å². The summed E-state index contributed by atoms with van der Waals surface area (Å²) in [5.41, 5.74) is 2.22. The number of hydrogen-bond acceptors (Lipinski definition) is 4. The maximum Gasteiger partial charge on any atom is 0.160 e. The van der Waals surface area contributed by atoms with E-state index in [-0.39, 0.29) is 6.61 Å². The van der Waals surface area contributed by atoms with Gasteiger partial charge in [0.05, 0.1) is 11.5 Å². The minimum absolute atomic E-state index is 0.160. The van der Waals surface area contributed by atoms with E-state index in [4.69, 9.17) is 5.11 Å². The van der Waals surface area contributed by atoms with Gasteiger partial charge in [-0.15, -0.1) is 11.3 Å². The van der Waals surface area contributed by atoms with E-state index < -0.39 is 0 Å². The molecule has 0 unspecified atom stereocenters. The number of benzene rings is 1. The van der Waals surface area contributed by atoms with Crippen LogP contribution >= 0.6 is 11.3 Å². The molecule has 110 valence electrons. The summed E-state index contributed by atoms with van der Waals surface area (Å²) < 4.78 is 0. The first kappa shape index (κ1) is 15.5. The van der Waals surface area contributed by atoms with Crippen molar-refractivity contribution in [3.63, 3.8) is 0 Å². The predicted octanol–water partition coefficient (Wildman–Crippen LogP) is 3.55. The molecule has 0 saturated carbocycles. The van der Waals surface area contributed by atoms with E-state index in [1.807, 2.05) is 24.3 Å². The molecule has 0 aliphatic carbocycles. The minimum atomic E-state index is 0.160. The van der Waals surface area contributed by atoms with Crippen LogP contribution in [0.3, 0.4) is 0 Å². The summed E-state index contributed by atoms with van der Waals surface area (Å²) >= 11 is 1.48. The molecule has 0 bridgehead atoms. The van der Waals surface area contributed by atoms with Crippen LogP contribution in [-0.4, -0.2) is 31.1 Å². The van der Waals surface area contributed by atoms with Crippen molar-refractivity contribution in [1.82, 2.24) is 0 Å². The summed E-state index contributed by atoms with van der Waals surface area (Å²) in [6, 6.07) is 12.0. The molecule has 1 N–H and O–H groups in total. The molecule has 0 radical (unpaired) electrons. The largest absolute Gasteiger partial charge is 0.395 e. The van der Waals surface area contributed by atoms with Crippen LogP contribution in [-0.2, 0) is 0 Å². The van der Waals surface area contributed by atoms with Crippen LogP contribution in [0.25, 0.3) is 12.2 Å². The van der Waals surface area contributed by atoms with Crippen molar-refractivity contribution in [2.45, 2.75) is 6.92 Å². The van der Waals surface area contributed by atoms with Crippen molar-refractivity contribution < 1.29 is 9.90 Å². The summed E-state index contributed by atoms with van der Waals surface area (Å²) in [5.74, 6) is 0. The Hall–Kier alpha value is -1.91. The summed E-state index contributed by atoms with van der Waals surface area (Å²) in [7, 11) is 0. The third kappa shape index (κ3) is 4.28. The van der Waals surface area contributed by atoms with Gasteiger partial charge in [0, 0.05) is 23.7 Å². The fourth-order valence-electron chi connectivity index (χ4n) is 2.09. The monoisotopic (exact) mass is 301 g/mol. The molecule has 1 aromatic carbocycles. The summed E-state index contributed by atoms with van der Waals surface area (Å²) in [5, 5.41) is 9.04. The second kappa shape index (κ2) is 7.76.